The summed E-state index contributed by atoms with van der Waals surface area (Å²) in [5.74, 6) is 0.0696. The minimum Gasteiger partial charge on any atom is -0.389 e. The predicted molar refractivity (Wildman–Crippen MR) is 88.2 cm³/mol. The lowest BCUT2D eigenvalue weighted by Gasteiger charge is -2.13. The highest BCUT2D eigenvalue weighted by molar-refractivity contribution is 7.80. The summed E-state index contributed by atoms with van der Waals surface area (Å²) in [7, 11) is 0. The summed E-state index contributed by atoms with van der Waals surface area (Å²) in [6.07, 6.45) is 6.55. The fourth-order valence-corrected chi connectivity index (χ4v) is 3.25. The molecule has 5 heteroatoms. The van der Waals surface area contributed by atoms with Crippen molar-refractivity contribution in [3.05, 3.63) is 36.0 Å². The maximum atomic E-state index is 12.1. The van der Waals surface area contributed by atoms with Gasteiger partial charge in [0.1, 0.15) is 11.5 Å². The summed E-state index contributed by atoms with van der Waals surface area (Å²) in [5.41, 5.74) is 7.59. The smallest absolute Gasteiger partial charge is 0.240 e. The van der Waals surface area contributed by atoms with Crippen molar-refractivity contribution in [2.75, 3.05) is 0 Å². The molecule has 1 aromatic carbocycles. The van der Waals surface area contributed by atoms with Gasteiger partial charge in [-0.25, -0.2) is 0 Å². The number of nitrogens with one attached hydrogen (secondary N) is 1. The van der Waals surface area contributed by atoms with E-state index in [1.165, 1.54) is 12.8 Å². The molecular formula is C16H19N3OS. The Hall–Kier alpha value is -1.88. The van der Waals surface area contributed by atoms with Crippen molar-refractivity contribution in [1.82, 2.24) is 9.88 Å². The maximum absolute atomic E-state index is 12.1. The molecule has 0 spiro atoms. The first-order chi connectivity index (χ1) is 10.1. The van der Waals surface area contributed by atoms with Crippen LogP contribution in [0, 0.1) is 0 Å². The monoisotopic (exact) mass is 301 g/mol. The molecule has 1 saturated carbocycles. The molecule has 1 heterocycles. The quantitative estimate of drug-likeness (QED) is 0.852. The van der Waals surface area contributed by atoms with Crippen LogP contribution in [-0.2, 0) is 11.3 Å². The molecule has 21 heavy (non-hydrogen) atoms. The number of nitrogens with zero attached hydrogens (tertiary/aromatic N) is 1. The third-order valence-corrected chi connectivity index (χ3v) is 4.33. The molecule has 3 N–H and O–H groups in total. The second kappa shape index (κ2) is 5.85. The molecule has 1 aliphatic carbocycles. The first-order valence-electron chi connectivity index (χ1n) is 7.32. The zero-order valence-corrected chi connectivity index (χ0v) is 12.7. The van der Waals surface area contributed by atoms with E-state index in [1.807, 2.05) is 35.0 Å². The lowest BCUT2D eigenvalue weighted by atomic mass is 10.1. The van der Waals surface area contributed by atoms with Gasteiger partial charge >= 0.3 is 0 Å². The average Bonchev–Trinajstić information content (AvgIpc) is 3.08. The number of carbonyl (C=O) groups is 1. The van der Waals surface area contributed by atoms with Crippen LogP contribution in [0.25, 0.3) is 10.9 Å². The van der Waals surface area contributed by atoms with Gasteiger partial charge in [0.25, 0.3) is 0 Å². The summed E-state index contributed by atoms with van der Waals surface area (Å²) in [6.45, 7) is 0.334. The minimum absolute atomic E-state index is 0.0696. The minimum atomic E-state index is 0.0696. The molecule has 0 bridgehead atoms. The number of nitrogens with two attached hydrogens (primary N) is 1. The van der Waals surface area contributed by atoms with Crippen molar-refractivity contribution in [3.8, 4) is 0 Å². The average molecular weight is 301 g/mol. The van der Waals surface area contributed by atoms with Gasteiger partial charge in [-0.2, -0.15) is 0 Å². The Morgan fingerprint density at radius 3 is 2.81 bits per heavy atom. The van der Waals surface area contributed by atoms with E-state index in [2.05, 4.69) is 5.32 Å². The zero-order chi connectivity index (χ0) is 14.8. The number of rotatable bonds is 4. The Morgan fingerprint density at radius 2 is 2.10 bits per heavy atom. The van der Waals surface area contributed by atoms with E-state index in [1.54, 1.807) is 0 Å². The number of hydrogen-bond acceptors (Lipinski definition) is 2. The van der Waals surface area contributed by atoms with E-state index in [0.717, 1.165) is 29.3 Å². The van der Waals surface area contributed by atoms with Gasteiger partial charge in [0, 0.05) is 28.7 Å². The van der Waals surface area contributed by atoms with Gasteiger partial charge < -0.3 is 15.6 Å². The normalized spacial score (nSPS) is 15.4. The fraction of sp³-hybridized carbons (Fsp3) is 0.375. The Balaban J connectivity index is 1.79. The highest BCUT2D eigenvalue weighted by atomic mass is 32.1. The fourth-order valence-electron chi connectivity index (χ4n) is 3.07. The molecule has 1 aliphatic rings. The molecule has 0 atom stereocenters. The Bertz CT molecular complexity index is 686. The highest BCUT2D eigenvalue weighted by Gasteiger charge is 2.17. The standard InChI is InChI=1S/C16H19N3OS/c17-16(21)13-6-3-7-14-12(13)8-9-19(14)10-15(20)18-11-4-1-2-5-11/h3,6-9,11H,1-2,4-5,10H2,(H2,17,21)(H,18,20). The third-order valence-electron chi connectivity index (χ3n) is 4.11. The van der Waals surface area contributed by atoms with E-state index < -0.39 is 0 Å². The van der Waals surface area contributed by atoms with Crippen molar-refractivity contribution >= 4 is 34.0 Å². The Labute approximate surface area is 129 Å². The van der Waals surface area contributed by atoms with E-state index in [9.17, 15) is 4.79 Å². The van der Waals surface area contributed by atoms with Crippen LogP contribution in [0.2, 0.25) is 0 Å². The molecule has 110 valence electrons. The summed E-state index contributed by atoms with van der Waals surface area (Å²) >= 11 is 5.07. The summed E-state index contributed by atoms with van der Waals surface area (Å²) in [5, 5.41) is 4.11. The second-order valence-electron chi connectivity index (χ2n) is 5.60. The number of hydrogen-bond donors (Lipinski definition) is 2. The number of aromatic nitrogens is 1. The molecule has 1 amide bonds. The third kappa shape index (κ3) is 2.93. The largest absolute Gasteiger partial charge is 0.389 e. The lowest BCUT2D eigenvalue weighted by Crippen LogP contribution is -2.35. The van der Waals surface area contributed by atoms with Crippen LogP contribution in [0.15, 0.2) is 30.5 Å². The van der Waals surface area contributed by atoms with Crippen LogP contribution in [0.5, 0.6) is 0 Å². The lowest BCUT2D eigenvalue weighted by molar-refractivity contribution is -0.122. The molecule has 0 radical (unpaired) electrons. The SMILES string of the molecule is NC(=S)c1cccc2c1ccn2CC(=O)NC1CCCC1. The molecule has 0 unspecified atom stereocenters. The van der Waals surface area contributed by atoms with Crippen LogP contribution in [0.4, 0.5) is 0 Å². The van der Waals surface area contributed by atoms with Crippen LogP contribution in [-0.4, -0.2) is 21.5 Å². The van der Waals surface area contributed by atoms with Crippen LogP contribution in [0.1, 0.15) is 31.2 Å². The van der Waals surface area contributed by atoms with Crippen molar-refractivity contribution < 1.29 is 4.79 Å². The first-order valence-corrected chi connectivity index (χ1v) is 7.73. The van der Waals surface area contributed by atoms with Crippen LogP contribution >= 0.6 is 12.2 Å². The molecule has 1 fully saturated rings. The number of fused-ring (bicyclic) bond motifs is 1. The molecule has 1 aromatic heterocycles. The molecule has 4 nitrogen and oxygen atoms in total. The van der Waals surface area contributed by atoms with Gasteiger partial charge in [-0.3, -0.25) is 4.79 Å². The van der Waals surface area contributed by atoms with Gasteiger partial charge in [-0.1, -0.05) is 37.2 Å². The number of benzene rings is 1. The van der Waals surface area contributed by atoms with Gasteiger partial charge in [0.2, 0.25) is 5.91 Å². The summed E-state index contributed by atoms with van der Waals surface area (Å²) in [6, 6.07) is 8.13. The number of amides is 1. The highest BCUT2D eigenvalue weighted by Crippen LogP contribution is 2.21. The van der Waals surface area contributed by atoms with Gasteiger partial charge in [-0.05, 0) is 25.0 Å². The zero-order valence-electron chi connectivity index (χ0n) is 11.8. The van der Waals surface area contributed by atoms with Gasteiger partial charge in [0.05, 0.1) is 0 Å². The second-order valence-corrected chi connectivity index (χ2v) is 6.03. The van der Waals surface area contributed by atoms with Crippen LogP contribution in [0.3, 0.4) is 0 Å². The predicted octanol–water partition coefficient (Wildman–Crippen LogP) is 2.33. The van der Waals surface area contributed by atoms with Gasteiger partial charge in [0.15, 0.2) is 0 Å². The Kier molecular flexibility index (Phi) is 3.92. The van der Waals surface area contributed by atoms with Crippen molar-refractivity contribution in [1.29, 1.82) is 0 Å². The molecule has 2 aromatic rings. The topological polar surface area (TPSA) is 60.0 Å². The van der Waals surface area contributed by atoms with Crippen molar-refractivity contribution in [2.45, 2.75) is 38.3 Å². The van der Waals surface area contributed by atoms with E-state index in [4.69, 9.17) is 18.0 Å². The Morgan fingerprint density at radius 1 is 1.33 bits per heavy atom. The maximum Gasteiger partial charge on any atom is 0.240 e. The molecule has 0 aliphatic heterocycles. The van der Waals surface area contributed by atoms with E-state index in [0.29, 0.717) is 17.6 Å². The van der Waals surface area contributed by atoms with E-state index >= 15 is 0 Å². The molecule has 0 saturated heterocycles. The van der Waals surface area contributed by atoms with Crippen molar-refractivity contribution in [2.24, 2.45) is 5.73 Å². The van der Waals surface area contributed by atoms with Gasteiger partial charge in [-0.15, -0.1) is 0 Å². The van der Waals surface area contributed by atoms with Crippen LogP contribution < -0.4 is 11.1 Å². The number of thiocarbonyl (C=S) groups is 1. The van der Waals surface area contributed by atoms with Crippen molar-refractivity contribution in [3.63, 3.8) is 0 Å². The molecular weight excluding hydrogens is 282 g/mol. The first kappa shape index (κ1) is 14.1. The summed E-state index contributed by atoms with van der Waals surface area (Å²) < 4.78 is 1.95. The number of carbonyl (C=O) groups excluding carboxylic acids is 1. The summed E-state index contributed by atoms with van der Waals surface area (Å²) in [4.78, 5) is 12.5. The van der Waals surface area contributed by atoms with E-state index in [-0.39, 0.29) is 5.91 Å². The molecule has 3 rings (SSSR count).